The highest BCUT2D eigenvalue weighted by molar-refractivity contribution is 5.75. The molecule has 0 fully saturated rings. The minimum atomic E-state index is -0.463. The van der Waals surface area contributed by atoms with E-state index in [-0.39, 0.29) is 6.42 Å². The molecule has 0 unspecified atom stereocenters. The van der Waals surface area contributed by atoms with Crippen LogP contribution in [0.2, 0.25) is 0 Å². The van der Waals surface area contributed by atoms with E-state index in [1.165, 1.54) is 5.56 Å². The first-order valence-corrected chi connectivity index (χ1v) is 8.87. The van der Waals surface area contributed by atoms with E-state index in [1.807, 2.05) is 48.3 Å². The van der Waals surface area contributed by atoms with Gasteiger partial charge in [-0.1, -0.05) is 30.3 Å². The number of hydroxylamine groups is 1. The van der Waals surface area contributed by atoms with Crippen LogP contribution in [0.3, 0.4) is 0 Å². The van der Waals surface area contributed by atoms with E-state index < -0.39 is 5.91 Å². The summed E-state index contributed by atoms with van der Waals surface area (Å²) in [5.41, 5.74) is 3.58. The van der Waals surface area contributed by atoms with Crippen LogP contribution in [0.25, 0.3) is 11.4 Å². The highest BCUT2D eigenvalue weighted by atomic mass is 16.5. The number of hydrogen-bond acceptors (Lipinski definition) is 7. The second-order valence-electron chi connectivity index (χ2n) is 6.23. The Kier molecular flexibility index (Phi) is 6.48. The molecule has 144 valence electrons. The molecule has 0 atom stereocenters. The Hall–Kier alpha value is -3.52. The molecule has 28 heavy (non-hydrogen) atoms. The Balaban J connectivity index is 1.85. The third-order valence-corrected chi connectivity index (χ3v) is 4.07. The quantitative estimate of drug-likeness (QED) is 0.409. The number of nitrogens with one attached hydrogen (secondary N) is 2. The number of amides is 1. The highest BCUT2D eigenvalue weighted by Crippen LogP contribution is 2.22. The third-order valence-electron chi connectivity index (χ3n) is 4.07. The van der Waals surface area contributed by atoms with E-state index in [1.54, 1.807) is 17.9 Å². The van der Waals surface area contributed by atoms with E-state index in [4.69, 9.17) is 5.21 Å². The van der Waals surface area contributed by atoms with Crippen molar-refractivity contribution >= 4 is 17.5 Å². The number of nitrogens with zero attached hydrogens (tertiary/aromatic N) is 4. The van der Waals surface area contributed by atoms with Gasteiger partial charge in [0, 0.05) is 50.6 Å². The maximum absolute atomic E-state index is 11.2. The van der Waals surface area contributed by atoms with Crippen molar-refractivity contribution in [2.45, 2.75) is 13.0 Å². The van der Waals surface area contributed by atoms with Crippen molar-refractivity contribution in [2.75, 3.05) is 23.8 Å². The molecule has 3 rings (SSSR count). The minimum Gasteiger partial charge on any atom is -0.369 e. The van der Waals surface area contributed by atoms with Gasteiger partial charge in [-0.05, 0) is 17.7 Å². The number of pyridine rings is 1. The monoisotopic (exact) mass is 378 g/mol. The van der Waals surface area contributed by atoms with Crippen LogP contribution >= 0.6 is 0 Å². The molecule has 1 amide bonds. The summed E-state index contributed by atoms with van der Waals surface area (Å²) in [5.74, 6) is 1.41. The zero-order valence-corrected chi connectivity index (χ0v) is 15.5. The Labute approximate surface area is 163 Å². The molecule has 0 aliphatic carbocycles. The van der Waals surface area contributed by atoms with Crippen molar-refractivity contribution in [3.8, 4) is 11.4 Å². The van der Waals surface area contributed by atoms with Gasteiger partial charge >= 0.3 is 0 Å². The Morgan fingerprint density at radius 2 is 1.96 bits per heavy atom. The van der Waals surface area contributed by atoms with Gasteiger partial charge in [0.1, 0.15) is 11.6 Å². The zero-order valence-electron chi connectivity index (χ0n) is 15.5. The molecule has 2 heterocycles. The molecule has 3 aromatic rings. The summed E-state index contributed by atoms with van der Waals surface area (Å²) >= 11 is 0. The molecule has 2 aromatic heterocycles. The molecule has 0 spiro atoms. The number of rotatable bonds is 8. The van der Waals surface area contributed by atoms with Gasteiger partial charge in [0.25, 0.3) is 0 Å². The van der Waals surface area contributed by atoms with E-state index in [9.17, 15) is 4.79 Å². The molecule has 3 N–H and O–H groups in total. The lowest BCUT2D eigenvalue weighted by Gasteiger charge is -2.20. The molecule has 8 heteroatoms. The third kappa shape index (κ3) is 5.24. The fourth-order valence-electron chi connectivity index (χ4n) is 2.64. The standard InChI is InChI=1S/C20H22N6O2/c1-26(14-15-6-3-2-4-7-15)18-12-17(22-11-9-19(27)25-28)23-20(24-18)16-8-5-10-21-13-16/h2-8,10,12-13,28H,9,11,14H2,1H3,(H,25,27)(H,22,23,24). The summed E-state index contributed by atoms with van der Waals surface area (Å²) in [5, 5.41) is 11.7. The smallest absolute Gasteiger partial charge is 0.245 e. The first-order chi connectivity index (χ1) is 13.7. The molecule has 0 saturated heterocycles. The molecule has 1 aromatic carbocycles. The summed E-state index contributed by atoms with van der Waals surface area (Å²) in [6.07, 6.45) is 3.53. The number of benzene rings is 1. The summed E-state index contributed by atoms with van der Waals surface area (Å²) in [4.78, 5) is 26.6. The predicted octanol–water partition coefficient (Wildman–Crippen LogP) is 2.48. The van der Waals surface area contributed by atoms with Crippen molar-refractivity contribution in [3.63, 3.8) is 0 Å². The fourth-order valence-corrected chi connectivity index (χ4v) is 2.64. The van der Waals surface area contributed by atoms with Crippen molar-refractivity contribution in [3.05, 3.63) is 66.5 Å². The van der Waals surface area contributed by atoms with Crippen LogP contribution in [0, 0.1) is 0 Å². The molecule has 0 saturated carbocycles. The molecular weight excluding hydrogens is 356 g/mol. The fraction of sp³-hybridized carbons (Fsp3) is 0.200. The van der Waals surface area contributed by atoms with Crippen molar-refractivity contribution in [2.24, 2.45) is 0 Å². The van der Waals surface area contributed by atoms with Gasteiger partial charge in [0.2, 0.25) is 5.91 Å². The average molecular weight is 378 g/mol. The number of anilines is 2. The van der Waals surface area contributed by atoms with E-state index >= 15 is 0 Å². The number of hydrogen-bond donors (Lipinski definition) is 3. The van der Waals surface area contributed by atoms with Gasteiger partial charge in [0.05, 0.1) is 0 Å². The SMILES string of the molecule is CN(Cc1ccccc1)c1cc(NCCC(=O)NO)nc(-c2cccnc2)n1. The molecule has 8 nitrogen and oxygen atoms in total. The van der Waals surface area contributed by atoms with Crippen molar-refractivity contribution < 1.29 is 10.0 Å². The van der Waals surface area contributed by atoms with Gasteiger partial charge in [-0.3, -0.25) is 15.0 Å². The van der Waals surface area contributed by atoms with Gasteiger partial charge in [-0.25, -0.2) is 15.4 Å². The number of carbonyl (C=O) groups excluding carboxylic acids is 1. The molecule has 0 bridgehead atoms. The topological polar surface area (TPSA) is 103 Å². The average Bonchev–Trinajstić information content (AvgIpc) is 2.74. The zero-order chi connectivity index (χ0) is 19.8. The van der Waals surface area contributed by atoms with Crippen LogP contribution in [0.5, 0.6) is 0 Å². The van der Waals surface area contributed by atoms with Crippen LogP contribution in [0.1, 0.15) is 12.0 Å². The van der Waals surface area contributed by atoms with Crippen molar-refractivity contribution in [1.82, 2.24) is 20.4 Å². The van der Waals surface area contributed by atoms with E-state index in [0.717, 1.165) is 11.4 Å². The summed E-state index contributed by atoms with van der Waals surface area (Å²) in [6.45, 7) is 1.02. The van der Waals surface area contributed by atoms with Gasteiger partial charge in [-0.2, -0.15) is 0 Å². The number of carbonyl (C=O) groups is 1. The van der Waals surface area contributed by atoms with Crippen LogP contribution in [-0.2, 0) is 11.3 Å². The minimum absolute atomic E-state index is 0.123. The lowest BCUT2D eigenvalue weighted by atomic mass is 10.2. The van der Waals surface area contributed by atoms with Gasteiger partial charge in [-0.15, -0.1) is 0 Å². The normalized spacial score (nSPS) is 10.4. The second kappa shape index (κ2) is 9.43. The van der Waals surface area contributed by atoms with E-state index in [2.05, 4.69) is 32.4 Å². The Bertz CT molecular complexity index is 905. The van der Waals surface area contributed by atoms with Crippen LogP contribution in [0.15, 0.2) is 60.9 Å². The van der Waals surface area contributed by atoms with Crippen LogP contribution in [0.4, 0.5) is 11.6 Å². The lowest BCUT2D eigenvalue weighted by molar-refractivity contribution is -0.128. The molecule has 0 aliphatic heterocycles. The maximum Gasteiger partial charge on any atom is 0.245 e. The summed E-state index contributed by atoms with van der Waals surface area (Å²) < 4.78 is 0. The van der Waals surface area contributed by atoms with Crippen LogP contribution < -0.4 is 15.7 Å². The molecule has 0 radical (unpaired) electrons. The predicted molar refractivity (Wildman–Crippen MR) is 107 cm³/mol. The Morgan fingerprint density at radius 3 is 2.68 bits per heavy atom. The maximum atomic E-state index is 11.2. The van der Waals surface area contributed by atoms with E-state index in [0.29, 0.717) is 24.7 Å². The first-order valence-electron chi connectivity index (χ1n) is 8.87. The lowest BCUT2D eigenvalue weighted by Crippen LogP contribution is -2.22. The largest absolute Gasteiger partial charge is 0.369 e. The highest BCUT2D eigenvalue weighted by Gasteiger charge is 2.11. The Morgan fingerprint density at radius 1 is 1.14 bits per heavy atom. The summed E-state index contributed by atoms with van der Waals surface area (Å²) in [6, 6.07) is 15.7. The van der Waals surface area contributed by atoms with Gasteiger partial charge in [0.15, 0.2) is 5.82 Å². The van der Waals surface area contributed by atoms with Crippen LogP contribution in [-0.4, -0.2) is 39.7 Å². The molecular formula is C20H22N6O2. The second-order valence-corrected chi connectivity index (χ2v) is 6.23. The number of aromatic nitrogens is 3. The summed E-state index contributed by atoms with van der Waals surface area (Å²) in [7, 11) is 1.96. The molecule has 0 aliphatic rings. The first kappa shape index (κ1) is 19.2. The van der Waals surface area contributed by atoms with Gasteiger partial charge < -0.3 is 10.2 Å². The van der Waals surface area contributed by atoms with Crippen molar-refractivity contribution in [1.29, 1.82) is 0 Å².